The molecular formula is C65H109IN8O32. The van der Waals surface area contributed by atoms with Crippen molar-refractivity contribution in [3.8, 4) is 5.75 Å². The average Bonchev–Trinajstić information content (AvgIpc) is 0.750. The predicted molar refractivity (Wildman–Crippen MR) is 371 cm³/mol. The maximum Gasteiger partial charge on any atom is 0.222 e. The van der Waals surface area contributed by atoms with Gasteiger partial charge in [0.25, 0.3) is 0 Å². The fourth-order valence-corrected chi connectivity index (χ4v) is 10.9. The lowest BCUT2D eigenvalue weighted by Crippen LogP contribution is -2.64. The second kappa shape index (κ2) is 53.4. The van der Waals surface area contributed by atoms with Crippen molar-refractivity contribution < 1.29 is 154 Å². The molecule has 0 unspecified atom stereocenters. The summed E-state index contributed by atoms with van der Waals surface area (Å²) in [5.41, 5.74) is -0.553. The number of carbonyl (C=O) groups is 8. The van der Waals surface area contributed by atoms with E-state index in [9.17, 15) is 84.3 Å². The summed E-state index contributed by atoms with van der Waals surface area (Å²) >= 11 is 1.79. The van der Waals surface area contributed by atoms with Gasteiger partial charge in [-0.25, -0.2) is 0 Å². The van der Waals surface area contributed by atoms with Crippen LogP contribution in [0.25, 0.3) is 0 Å². The molecule has 15 atom stereocenters. The van der Waals surface area contributed by atoms with Gasteiger partial charge in [0.05, 0.1) is 145 Å². The van der Waals surface area contributed by atoms with Gasteiger partial charge in [-0.1, -0.05) is 12.1 Å². The summed E-state index contributed by atoms with van der Waals surface area (Å²) in [5.74, 6) is -2.92. The topological polar surface area (TPSA) is 553 Å². The molecular weight excluding hydrogens is 1530 g/mol. The van der Waals surface area contributed by atoms with Crippen molar-refractivity contribution in [1.82, 2.24) is 42.5 Å². The van der Waals surface area contributed by atoms with Crippen LogP contribution in [0.5, 0.6) is 5.75 Å². The third-order valence-corrected chi connectivity index (χ3v) is 16.5. The highest BCUT2D eigenvalue weighted by atomic mass is 127. The van der Waals surface area contributed by atoms with E-state index in [1.54, 1.807) is 23.0 Å². The van der Waals surface area contributed by atoms with Crippen LogP contribution in [0.1, 0.15) is 58.4 Å². The molecule has 0 saturated carbocycles. The Kier molecular flexibility index (Phi) is 46.9. The van der Waals surface area contributed by atoms with Crippen LogP contribution in [0.4, 0.5) is 0 Å². The molecule has 106 heavy (non-hydrogen) atoms. The average molecular weight is 1640 g/mol. The van der Waals surface area contributed by atoms with Gasteiger partial charge in [0.2, 0.25) is 47.3 Å². The zero-order valence-electron chi connectivity index (χ0n) is 59.9. The number of aliphatic hydroxyl groups excluding tert-OH is 9. The minimum atomic E-state index is -1.53. The monoisotopic (exact) mass is 1640 g/mol. The molecule has 4 rings (SSSR count). The maximum absolute atomic E-state index is 13.8. The van der Waals surface area contributed by atoms with Crippen LogP contribution in [0.2, 0.25) is 0 Å². The van der Waals surface area contributed by atoms with Gasteiger partial charge in [-0.3, -0.25) is 38.4 Å². The molecule has 40 nitrogen and oxygen atoms in total. The van der Waals surface area contributed by atoms with E-state index >= 15 is 0 Å². The number of nitrogens with one attached hydrogen (secondary N) is 8. The van der Waals surface area contributed by atoms with Gasteiger partial charge >= 0.3 is 0 Å². The summed E-state index contributed by atoms with van der Waals surface area (Å²) in [6.07, 6.45) is -16.1. The molecule has 1 aromatic rings. The van der Waals surface area contributed by atoms with E-state index in [0.29, 0.717) is 12.2 Å². The highest BCUT2D eigenvalue weighted by molar-refractivity contribution is 14.1. The molecule has 0 bridgehead atoms. The molecule has 3 heterocycles. The Balaban J connectivity index is 1.32. The van der Waals surface area contributed by atoms with Crippen LogP contribution in [-0.2, 0) is 111 Å². The van der Waals surface area contributed by atoms with Gasteiger partial charge in [0, 0.05) is 79.1 Å². The zero-order chi connectivity index (χ0) is 77.7. The summed E-state index contributed by atoms with van der Waals surface area (Å²) < 4.78 is 84.8. The van der Waals surface area contributed by atoms with Crippen LogP contribution in [0.15, 0.2) is 24.3 Å². The van der Waals surface area contributed by atoms with Crippen LogP contribution in [0.3, 0.4) is 0 Å². The van der Waals surface area contributed by atoms with E-state index in [-0.39, 0.29) is 190 Å². The van der Waals surface area contributed by atoms with Gasteiger partial charge in [-0.05, 0) is 24.1 Å². The molecule has 0 aromatic heterocycles. The number of benzene rings is 1. The first kappa shape index (κ1) is 93.0. The van der Waals surface area contributed by atoms with Crippen molar-refractivity contribution in [2.24, 2.45) is 0 Å². The molecule has 3 aliphatic heterocycles. The highest BCUT2D eigenvalue weighted by Crippen LogP contribution is 2.25. The minimum Gasteiger partial charge on any atom is -0.428 e. The Morgan fingerprint density at radius 2 is 0.679 bits per heavy atom. The minimum absolute atomic E-state index is 0.0220. The van der Waals surface area contributed by atoms with Crippen molar-refractivity contribution >= 4 is 70.3 Å². The van der Waals surface area contributed by atoms with Crippen molar-refractivity contribution in [2.45, 2.75) is 157 Å². The number of aliphatic hydroxyl groups is 9. The van der Waals surface area contributed by atoms with Gasteiger partial charge in [-0.2, -0.15) is 0 Å². The SMILES string of the molecule is CC(=O)N[C@H]1[C@H](OCCOCCNC(=O)CCOCC(COCCC(=O)NCCOCCO[C@@H]2O[C@H](CO)[C@H](O)[C@H](O)[C@H]2NC(C)=O)(COCCC(=O)NCCOCCO[C@@H]2O[C@H](CO)[C@H](O)[C@H](O)[C@H]2NC(C)=O)NC(=O)CCOCCOCCNC(=O)CCc2ccc(OI)cc2)O[C@H](CO)[C@H](O)[C@@H]1O. The first-order chi connectivity index (χ1) is 50.9. The van der Waals surface area contributed by atoms with Crippen molar-refractivity contribution in [3.63, 3.8) is 0 Å². The van der Waals surface area contributed by atoms with Crippen LogP contribution in [-0.4, -0.2) is 362 Å². The van der Waals surface area contributed by atoms with E-state index in [0.717, 1.165) is 5.56 Å². The Morgan fingerprint density at radius 3 is 0.991 bits per heavy atom. The lowest BCUT2D eigenvalue weighted by molar-refractivity contribution is -0.272. The molecule has 8 amide bonds. The first-order valence-electron chi connectivity index (χ1n) is 34.9. The number of hydrogen-bond donors (Lipinski definition) is 17. The standard InChI is InChI=1S/C65H109IN8O32/c1-40(78)71-53-59(89)56(86)45(34-75)103-62(53)100-31-28-94-23-15-68-49(82)10-19-97-37-65(74-52(85)13-18-92-26-27-93-22-14-67-48(81)9-6-43-4-7-44(106-66)8-5-43,38-98-20-11-50(83)69-16-24-95-29-32-101-63-54(72-41(2)79)60(90)57(87)46(35-76)104-63)39-99-21-12-51(84)70-17-25-96-30-33-102-64-55(73-42(3)80)61(91)58(88)47(36-77)105-64/h4-5,7-8,45-47,53-64,75-77,86-91H,6,9-39H2,1-3H3,(H,67,81)(H,68,82)(H,69,83)(H,70,84)(H,71,78)(H,72,79)(H,73,80)(H,74,85)/t45-,46-,47-,53-,54-,55-,56+,57+,58+,59-,60-,61-,62-,63-,64-/m1/s1. The summed E-state index contributed by atoms with van der Waals surface area (Å²) in [6, 6.07) is 3.95. The largest absolute Gasteiger partial charge is 0.428 e. The van der Waals surface area contributed by atoms with E-state index in [4.69, 9.17) is 69.4 Å². The molecule has 3 saturated heterocycles. The highest BCUT2D eigenvalue weighted by Gasteiger charge is 2.48. The van der Waals surface area contributed by atoms with Crippen LogP contribution >= 0.6 is 23.0 Å². The number of ether oxygens (including phenoxy) is 14. The summed E-state index contributed by atoms with van der Waals surface area (Å²) in [4.78, 5) is 101. The normalized spacial score (nSPS) is 24.5. The first-order valence-corrected chi connectivity index (χ1v) is 35.7. The molecule has 608 valence electrons. The third kappa shape index (κ3) is 36.4. The molecule has 3 aliphatic rings. The molecule has 41 heteroatoms. The molecule has 17 N–H and O–H groups in total. The fraction of sp³-hybridized carbons (Fsp3) is 0.785. The number of carbonyl (C=O) groups excluding carboxylic acids is 8. The van der Waals surface area contributed by atoms with Gasteiger partial charge in [0.15, 0.2) is 41.9 Å². The van der Waals surface area contributed by atoms with Gasteiger partial charge in [0.1, 0.15) is 84.3 Å². The van der Waals surface area contributed by atoms with Crippen molar-refractivity contribution in [1.29, 1.82) is 0 Å². The summed E-state index contributed by atoms with van der Waals surface area (Å²) in [5, 5.41) is 112. The third-order valence-electron chi connectivity index (χ3n) is 16.0. The molecule has 1 aromatic carbocycles. The zero-order valence-corrected chi connectivity index (χ0v) is 62.0. The molecule has 0 radical (unpaired) electrons. The molecule has 3 fully saturated rings. The maximum atomic E-state index is 13.8. The Morgan fingerprint density at radius 1 is 0.387 bits per heavy atom. The number of hydrogen-bond acceptors (Lipinski definition) is 32. The van der Waals surface area contributed by atoms with Crippen molar-refractivity contribution in [2.75, 3.05) is 172 Å². The smallest absolute Gasteiger partial charge is 0.222 e. The lowest BCUT2D eigenvalue weighted by Gasteiger charge is -2.42. The van der Waals surface area contributed by atoms with Crippen LogP contribution < -0.4 is 45.6 Å². The number of aryl methyl sites for hydroxylation is 1. The van der Waals surface area contributed by atoms with Crippen LogP contribution in [0, 0.1) is 0 Å². The van der Waals surface area contributed by atoms with E-state index in [1.165, 1.54) is 20.8 Å². The number of amides is 8. The van der Waals surface area contributed by atoms with Gasteiger partial charge in [-0.15, -0.1) is 0 Å². The Hall–Kier alpha value is -5.41. The van der Waals surface area contributed by atoms with Crippen molar-refractivity contribution in [3.05, 3.63) is 29.8 Å². The summed E-state index contributed by atoms with van der Waals surface area (Å²) in [7, 11) is 0. The van der Waals surface area contributed by atoms with Gasteiger partial charge < -0.3 is 158 Å². The fourth-order valence-electron chi connectivity index (χ4n) is 10.6. The lowest BCUT2D eigenvalue weighted by atomic mass is 9.97. The molecule has 0 spiro atoms. The number of rotatable bonds is 56. The molecule has 0 aliphatic carbocycles. The van der Waals surface area contributed by atoms with E-state index < -0.39 is 159 Å². The van der Waals surface area contributed by atoms with E-state index in [1.807, 2.05) is 24.3 Å². The Bertz CT molecular complexity index is 2490. The van der Waals surface area contributed by atoms with E-state index in [2.05, 4.69) is 42.5 Å². The Labute approximate surface area is 627 Å². The second-order valence-corrected chi connectivity index (χ2v) is 25.0. The summed E-state index contributed by atoms with van der Waals surface area (Å²) in [6.45, 7) is 0.617. The quantitative estimate of drug-likeness (QED) is 0.0213. The number of halogens is 1. The second-order valence-electron chi connectivity index (χ2n) is 24.6. The predicted octanol–water partition coefficient (Wildman–Crippen LogP) is -7.76.